The molecule has 1 N–H and O–H groups in total. The number of benzene rings is 2. The molecule has 0 fully saturated rings. The van der Waals surface area contributed by atoms with E-state index in [1.54, 1.807) is 36.5 Å². The fourth-order valence-corrected chi connectivity index (χ4v) is 3.48. The first-order valence-electron chi connectivity index (χ1n) is 9.84. The van der Waals surface area contributed by atoms with Gasteiger partial charge in [-0.1, -0.05) is 24.3 Å². The van der Waals surface area contributed by atoms with Crippen LogP contribution < -0.4 is 10.2 Å². The van der Waals surface area contributed by atoms with Gasteiger partial charge in [-0.05, 0) is 42.0 Å². The summed E-state index contributed by atoms with van der Waals surface area (Å²) in [7, 11) is 1.76. The van der Waals surface area contributed by atoms with Crippen molar-refractivity contribution >= 4 is 39.5 Å². The zero-order chi connectivity index (χ0) is 21.2. The number of nitrogens with one attached hydrogen (secondary N) is 1. The molecule has 3 heterocycles. The number of hydrogen-bond donors (Lipinski definition) is 1. The molecule has 5 rings (SSSR count). The van der Waals surface area contributed by atoms with Gasteiger partial charge in [0, 0.05) is 42.6 Å². The standard InChI is InChI=1S/C24H19N5O2/c1-29(24(30)17-10-12-25-13-11-17)18-8-6-16(7-9-18)14-26-23-22-21(27-15-28-23)19-4-2-3-5-20(19)31-22/h2-13,15H,14H2,1H3,(H,26,27,28). The van der Waals surface area contributed by atoms with Gasteiger partial charge in [-0.3, -0.25) is 9.78 Å². The lowest BCUT2D eigenvalue weighted by Crippen LogP contribution is -2.26. The smallest absolute Gasteiger partial charge is 0.258 e. The first-order chi connectivity index (χ1) is 15.2. The van der Waals surface area contributed by atoms with E-state index < -0.39 is 0 Å². The van der Waals surface area contributed by atoms with Gasteiger partial charge < -0.3 is 14.6 Å². The number of pyridine rings is 1. The van der Waals surface area contributed by atoms with Gasteiger partial charge in [0.2, 0.25) is 0 Å². The van der Waals surface area contributed by atoms with E-state index in [9.17, 15) is 4.79 Å². The van der Waals surface area contributed by atoms with E-state index in [0.717, 1.165) is 27.7 Å². The molecule has 0 saturated heterocycles. The number of carbonyl (C=O) groups is 1. The number of furan rings is 1. The molecule has 0 unspecified atom stereocenters. The number of rotatable bonds is 5. The second kappa shape index (κ2) is 7.87. The van der Waals surface area contributed by atoms with Crippen LogP contribution in [-0.2, 0) is 6.54 Å². The Labute approximate surface area is 178 Å². The molecule has 0 atom stereocenters. The van der Waals surface area contributed by atoms with Crippen LogP contribution in [0.1, 0.15) is 15.9 Å². The van der Waals surface area contributed by atoms with Gasteiger partial charge in [-0.15, -0.1) is 0 Å². The van der Waals surface area contributed by atoms with Crippen molar-refractivity contribution in [2.24, 2.45) is 0 Å². The summed E-state index contributed by atoms with van der Waals surface area (Å²) in [6.45, 7) is 0.561. The molecule has 0 saturated carbocycles. The highest BCUT2D eigenvalue weighted by molar-refractivity contribution is 6.06. The highest BCUT2D eigenvalue weighted by Gasteiger charge is 2.14. The first-order valence-corrected chi connectivity index (χ1v) is 9.84. The van der Waals surface area contributed by atoms with E-state index in [-0.39, 0.29) is 5.91 Å². The SMILES string of the molecule is CN(C(=O)c1ccncc1)c1ccc(CNc2ncnc3c2oc2ccccc23)cc1. The summed E-state index contributed by atoms with van der Waals surface area (Å²) >= 11 is 0. The number of fused-ring (bicyclic) bond motifs is 3. The second-order valence-electron chi connectivity index (χ2n) is 7.12. The summed E-state index contributed by atoms with van der Waals surface area (Å²) in [5, 5.41) is 4.30. The summed E-state index contributed by atoms with van der Waals surface area (Å²) < 4.78 is 5.95. The van der Waals surface area contributed by atoms with Crippen LogP contribution in [0.3, 0.4) is 0 Å². The third kappa shape index (κ3) is 3.57. The summed E-state index contributed by atoms with van der Waals surface area (Å²) in [4.78, 5) is 26.9. The van der Waals surface area contributed by atoms with Crippen molar-refractivity contribution in [2.45, 2.75) is 6.54 Å². The van der Waals surface area contributed by atoms with Gasteiger partial charge in [0.15, 0.2) is 11.4 Å². The molecule has 0 spiro atoms. The minimum atomic E-state index is -0.0819. The van der Waals surface area contributed by atoms with Crippen LogP contribution in [0.15, 0.2) is 83.8 Å². The van der Waals surface area contributed by atoms with Crippen LogP contribution >= 0.6 is 0 Å². The Balaban J connectivity index is 1.32. The Kier molecular flexibility index (Phi) is 4.76. The molecule has 152 valence electrons. The highest BCUT2D eigenvalue weighted by atomic mass is 16.3. The van der Waals surface area contributed by atoms with Crippen molar-refractivity contribution in [3.63, 3.8) is 0 Å². The fraction of sp³-hybridized carbons (Fsp3) is 0.0833. The van der Waals surface area contributed by atoms with E-state index >= 15 is 0 Å². The van der Waals surface area contributed by atoms with Gasteiger partial charge in [0.1, 0.15) is 17.4 Å². The second-order valence-corrected chi connectivity index (χ2v) is 7.12. The van der Waals surface area contributed by atoms with E-state index in [2.05, 4.69) is 20.3 Å². The topological polar surface area (TPSA) is 84.2 Å². The fourth-order valence-electron chi connectivity index (χ4n) is 3.48. The lowest BCUT2D eigenvalue weighted by atomic mass is 10.1. The molecular weight excluding hydrogens is 390 g/mol. The van der Waals surface area contributed by atoms with Crippen molar-refractivity contribution in [2.75, 3.05) is 17.3 Å². The number of aromatic nitrogens is 3. The molecular formula is C24H19N5O2. The third-order valence-electron chi connectivity index (χ3n) is 5.17. The number of anilines is 2. The summed E-state index contributed by atoms with van der Waals surface area (Å²) in [6, 6.07) is 19.0. The summed E-state index contributed by atoms with van der Waals surface area (Å²) in [5.41, 5.74) is 4.68. The first kappa shape index (κ1) is 18.7. The molecule has 0 radical (unpaired) electrons. The molecule has 3 aromatic heterocycles. The Morgan fingerprint density at radius 2 is 1.77 bits per heavy atom. The minimum absolute atomic E-state index is 0.0819. The van der Waals surface area contributed by atoms with Gasteiger partial charge in [0.25, 0.3) is 5.91 Å². The zero-order valence-electron chi connectivity index (χ0n) is 16.8. The van der Waals surface area contributed by atoms with Crippen molar-refractivity contribution < 1.29 is 9.21 Å². The Morgan fingerprint density at radius 3 is 2.58 bits per heavy atom. The van der Waals surface area contributed by atoms with Gasteiger partial charge in [-0.2, -0.15) is 0 Å². The molecule has 7 nitrogen and oxygen atoms in total. The lowest BCUT2D eigenvalue weighted by molar-refractivity contribution is 0.0993. The van der Waals surface area contributed by atoms with Gasteiger partial charge in [-0.25, -0.2) is 9.97 Å². The van der Waals surface area contributed by atoms with Gasteiger partial charge >= 0.3 is 0 Å². The predicted octanol–water partition coefficient (Wildman–Crippen LogP) is 4.66. The number of hydrogen-bond acceptors (Lipinski definition) is 6. The molecule has 2 aromatic carbocycles. The Morgan fingerprint density at radius 1 is 1.00 bits per heavy atom. The maximum atomic E-state index is 12.6. The number of para-hydroxylation sites is 1. The molecule has 0 aliphatic rings. The van der Waals surface area contributed by atoms with E-state index in [0.29, 0.717) is 23.5 Å². The maximum Gasteiger partial charge on any atom is 0.258 e. The average molecular weight is 409 g/mol. The normalized spacial score (nSPS) is 11.0. The minimum Gasteiger partial charge on any atom is -0.450 e. The Bertz CT molecular complexity index is 1360. The number of amides is 1. The molecule has 7 heteroatoms. The van der Waals surface area contributed by atoms with Crippen LogP contribution in [-0.4, -0.2) is 27.9 Å². The van der Waals surface area contributed by atoms with E-state index in [1.165, 1.54) is 6.33 Å². The average Bonchev–Trinajstić information content (AvgIpc) is 3.22. The highest BCUT2D eigenvalue weighted by Crippen LogP contribution is 2.30. The van der Waals surface area contributed by atoms with Crippen LogP contribution in [0.2, 0.25) is 0 Å². The molecule has 0 aliphatic carbocycles. The van der Waals surface area contributed by atoms with Crippen molar-refractivity contribution in [1.82, 2.24) is 15.0 Å². The third-order valence-corrected chi connectivity index (χ3v) is 5.17. The van der Waals surface area contributed by atoms with Crippen LogP contribution in [0.4, 0.5) is 11.5 Å². The summed E-state index contributed by atoms with van der Waals surface area (Å²) in [6.07, 6.45) is 4.76. The van der Waals surface area contributed by atoms with Crippen molar-refractivity contribution in [1.29, 1.82) is 0 Å². The Hall–Kier alpha value is -4.26. The quantitative estimate of drug-likeness (QED) is 0.454. The van der Waals surface area contributed by atoms with Crippen LogP contribution in [0.25, 0.3) is 22.1 Å². The van der Waals surface area contributed by atoms with Crippen LogP contribution in [0.5, 0.6) is 0 Å². The van der Waals surface area contributed by atoms with Crippen LogP contribution in [0, 0.1) is 0 Å². The largest absolute Gasteiger partial charge is 0.450 e. The monoisotopic (exact) mass is 409 g/mol. The van der Waals surface area contributed by atoms with E-state index in [1.807, 2.05) is 48.5 Å². The number of carbonyl (C=O) groups excluding carboxylic acids is 1. The molecule has 0 aliphatic heterocycles. The number of nitrogens with zero attached hydrogens (tertiary/aromatic N) is 4. The van der Waals surface area contributed by atoms with Gasteiger partial charge in [0.05, 0.1) is 0 Å². The maximum absolute atomic E-state index is 12.6. The zero-order valence-corrected chi connectivity index (χ0v) is 16.8. The van der Waals surface area contributed by atoms with E-state index in [4.69, 9.17) is 4.42 Å². The molecule has 1 amide bonds. The summed E-state index contributed by atoms with van der Waals surface area (Å²) in [5.74, 6) is 0.566. The van der Waals surface area contributed by atoms with Crippen molar-refractivity contribution in [3.8, 4) is 0 Å². The predicted molar refractivity (Wildman–Crippen MR) is 120 cm³/mol. The molecule has 0 bridgehead atoms. The molecule has 31 heavy (non-hydrogen) atoms. The molecule has 5 aromatic rings. The van der Waals surface area contributed by atoms with Crippen molar-refractivity contribution in [3.05, 3.63) is 90.5 Å². The lowest BCUT2D eigenvalue weighted by Gasteiger charge is -2.17.